The molecule has 1 N–H and O–H groups in total. The summed E-state index contributed by atoms with van der Waals surface area (Å²) in [5, 5.41) is 3.16. The van der Waals surface area contributed by atoms with Gasteiger partial charge in [0.05, 0.1) is 6.04 Å². The van der Waals surface area contributed by atoms with E-state index in [1.54, 1.807) is 15.7 Å². The molecular formula is C19H36N4O3S. The molecule has 0 aromatic heterocycles. The Labute approximate surface area is 164 Å². The number of nitrogens with zero attached hydrogens (tertiary/aromatic N) is 3. The average Bonchev–Trinajstić information content (AvgIpc) is 3.20. The average molecular weight is 401 g/mol. The smallest absolute Gasteiger partial charge is 0.282 e. The van der Waals surface area contributed by atoms with Crippen molar-refractivity contribution in [2.24, 2.45) is 0 Å². The van der Waals surface area contributed by atoms with Crippen LogP contribution in [-0.4, -0.2) is 79.2 Å². The van der Waals surface area contributed by atoms with Crippen molar-refractivity contribution in [3.05, 3.63) is 0 Å². The van der Waals surface area contributed by atoms with Gasteiger partial charge in [-0.15, -0.1) is 0 Å². The van der Waals surface area contributed by atoms with Crippen LogP contribution in [0.2, 0.25) is 0 Å². The molecule has 0 aromatic rings. The fraction of sp³-hybridized carbons (Fsp3) is 0.947. The predicted octanol–water partition coefficient (Wildman–Crippen LogP) is 1.56. The van der Waals surface area contributed by atoms with Crippen molar-refractivity contribution in [3.63, 3.8) is 0 Å². The molecule has 1 heterocycles. The van der Waals surface area contributed by atoms with E-state index in [4.69, 9.17) is 0 Å². The zero-order valence-corrected chi connectivity index (χ0v) is 17.7. The fourth-order valence-electron chi connectivity index (χ4n) is 4.69. The van der Waals surface area contributed by atoms with Crippen molar-refractivity contribution in [1.29, 1.82) is 0 Å². The van der Waals surface area contributed by atoms with Gasteiger partial charge >= 0.3 is 0 Å². The summed E-state index contributed by atoms with van der Waals surface area (Å²) in [6.45, 7) is 4.07. The Balaban J connectivity index is 1.50. The van der Waals surface area contributed by atoms with E-state index in [9.17, 15) is 13.2 Å². The maximum atomic E-state index is 13.0. The van der Waals surface area contributed by atoms with Crippen LogP contribution in [0.3, 0.4) is 0 Å². The second-order valence-electron chi connectivity index (χ2n) is 8.42. The molecule has 1 saturated heterocycles. The van der Waals surface area contributed by atoms with Gasteiger partial charge in [-0.05, 0) is 32.6 Å². The van der Waals surface area contributed by atoms with E-state index in [0.29, 0.717) is 32.2 Å². The molecule has 3 aliphatic rings. The topological polar surface area (TPSA) is 73.0 Å². The first-order chi connectivity index (χ1) is 12.9. The second kappa shape index (κ2) is 9.20. The Morgan fingerprint density at radius 3 is 2.11 bits per heavy atom. The first-order valence-electron chi connectivity index (χ1n) is 10.7. The highest BCUT2D eigenvalue weighted by molar-refractivity contribution is 7.86. The van der Waals surface area contributed by atoms with Crippen molar-refractivity contribution in [1.82, 2.24) is 18.8 Å². The molecule has 7 nitrogen and oxygen atoms in total. The van der Waals surface area contributed by atoms with Gasteiger partial charge in [0.2, 0.25) is 5.91 Å². The number of hydrogen-bond acceptors (Lipinski definition) is 4. The Morgan fingerprint density at radius 2 is 1.52 bits per heavy atom. The Kier molecular flexibility index (Phi) is 7.16. The highest BCUT2D eigenvalue weighted by atomic mass is 32.2. The molecule has 27 heavy (non-hydrogen) atoms. The van der Waals surface area contributed by atoms with E-state index in [1.165, 1.54) is 19.3 Å². The zero-order valence-electron chi connectivity index (χ0n) is 16.9. The Hall–Kier alpha value is -0.700. The Bertz CT molecular complexity index is 592. The lowest BCUT2D eigenvalue weighted by Crippen LogP contribution is -2.58. The first kappa shape index (κ1) is 21.0. The van der Waals surface area contributed by atoms with Crippen molar-refractivity contribution in [3.8, 4) is 0 Å². The third-order valence-electron chi connectivity index (χ3n) is 6.68. The van der Waals surface area contributed by atoms with Gasteiger partial charge in [0.1, 0.15) is 0 Å². The zero-order chi connectivity index (χ0) is 19.4. The van der Waals surface area contributed by atoms with Crippen LogP contribution in [0.25, 0.3) is 0 Å². The van der Waals surface area contributed by atoms with Gasteiger partial charge in [-0.2, -0.15) is 17.0 Å². The highest BCUT2D eigenvalue weighted by Crippen LogP contribution is 2.25. The van der Waals surface area contributed by atoms with Crippen LogP contribution >= 0.6 is 0 Å². The minimum absolute atomic E-state index is 0.0810. The minimum atomic E-state index is -3.41. The van der Waals surface area contributed by atoms with E-state index in [0.717, 1.165) is 38.5 Å². The Morgan fingerprint density at radius 1 is 0.963 bits per heavy atom. The molecule has 1 amide bonds. The molecule has 0 spiro atoms. The van der Waals surface area contributed by atoms with Crippen LogP contribution in [0.1, 0.15) is 64.7 Å². The number of carbonyl (C=O) groups is 1. The van der Waals surface area contributed by atoms with Gasteiger partial charge in [0, 0.05) is 45.3 Å². The largest absolute Gasteiger partial charge is 0.352 e. The normalized spacial score (nSPS) is 25.7. The number of nitrogens with one attached hydrogen (secondary N) is 1. The molecule has 3 rings (SSSR count). The van der Waals surface area contributed by atoms with E-state index in [-0.39, 0.29) is 18.0 Å². The summed E-state index contributed by atoms with van der Waals surface area (Å²) in [5.41, 5.74) is 0. The minimum Gasteiger partial charge on any atom is -0.352 e. The molecule has 1 aliphatic heterocycles. The summed E-state index contributed by atoms with van der Waals surface area (Å²) in [6, 6.07) is 0.259. The fourth-order valence-corrected chi connectivity index (χ4v) is 6.27. The molecule has 0 bridgehead atoms. The van der Waals surface area contributed by atoms with Crippen LogP contribution < -0.4 is 5.32 Å². The molecule has 2 aliphatic carbocycles. The monoisotopic (exact) mass is 400 g/mol. The van der Waals surface area contributed by atoms with Crippen molar-refractivity contribution in [2.75, 3.05) is 33.2 Å². The summed E-state index contributed by atoms with van der Waals surface area (Å²) >= 11 is 0. The molecule has 2 saturated carbocycles. The van der Waals surface area contributed by atoms with Crippen LogP contribution in [0.15, 0.2) is 0 Å². The molecule has 0 aromatic carbocycles. The van der Waals surface area contributed by atoms with Gasteiger partial charge in [-0.3, -0.25) is 9.69 Å². The summed E-state index contributed by atoms with van der Waals surface area (Å²) < 4.78 is 29.2. The van der Waals surface area contributed by atoms with Gasteiger partial charge in [-0.25, -0.2) is 0 Å². The van der Waals surface area contributed by atoms with Gasteiger partial charge in [-0.1, -0.05) is 32.1 Å². The third kappa shape index (κ3) is 5.02. The summed E-state index contributed by atoms with van der Waals surface area (Å²) in [4.78, 5) is 14.6. The van der Waals surface area contributed by atoms with Crippen LogP contribution in [0.4, 0.5) is 0 Å². The molecule has 156 valence electrons. The van der Waals surface area contributed by atoms with E-state index in [2.05, 4.69) is 10.2 Å². The third-order valence-corrected chi connectivity index (χ3v) is 8.72. The van der Waals surface area contributed by atoms with Crippen LogP contribution in [-0.2, 0) is 15.0 Å². The number of amides is 1. The number of rotatable bonds is 6. The number of piperazine rings is 1. The van der Waals surface area contributed by atoms with Crippen molar-refractivity contribution in [2.45, 2.75) is 82.8 Å². The van der Waals surface area contributed by atoms with E-state index < -0.39 is 10.2 Å². The molecule has 1 atom stereocenters. The molecule has 1 unspecified atom stereocenters. The second-order valence-corrected chi connectivity index (χ2v) is 10.4. The lowest BCUT2D eigenvalue weighted by atomic mass is 9.96. The van der Waals surface area contributed by atoms with Gasteiger partial charge in [0.25, 0.3) is 10.2 Å². The van der Waals surface area contributed by atoms with E-state index in [1.807, 2.05) is 6.92 Å². The lowest BCUT2D eigenvalue weighted by molar-refractivity contribution is -0.127. The maximum Gasteiger partial charge on any atom is 0.282 e. The molecule has 3 fully saturated rings. The number of carbonyl (C=O) groups excluding carboxylic acids is 1. The molecular weight excluding hydrogens is 364 g/mol. The molecule has 0 radical (unpaired) electrons. The van der Waals surface area contributed by atoms with Crippen molar-refractivity contribution < 1.29 is 13.2 Å². The predicted molar refractivity (Wildman–Crippen MR) is 107 cm³/mol. The lowest BCUT2D eigenvalue weighted by Gasteiger charge is -2.40. The number of hydrogen-bond donors (Lipinski definition) is 1. The van der Waals surface area contributed by atoms with Gasteiger partial charge < -0.3 is 5.32 Å². The van der Waals surface area contributed by atoms with Crippen LogP contribution in [0, 0.1) is 0 Å². The summed E-state index contributed by atoms with van der Waals surface area (Å²) in [7, 11) is -1.68. The summed E-state index contributed by atoms with van der Waals surface area (Å²) in [5.74, 6) is 0.0810. The quantitative estimate of drug-likeness (QED) is 0.734. The standard InChI is InChI=1S/C19H36N4O3S/c1-16(19(24)20-17-8-6-7-9-17)22-12-14-23(15-13-22)27(25,26)21(2)18-10-4-3-5-11-18/h16-18H,3-15H2,1-2H3,(H,20,24). The summed E-state index contributed by atoms with van der Waals surface area (Å²) in [6.07, 6.45) is 9.94. The van der Waals surface area contributed by atoms with E-state index >= 15 is 0 Å². The maximum absolute atomic E-state index is 13.0. The van der Waals surface area contributed by atoms with Crippen LogP contribution in [0.5, 0.6) is 0 Å². The molecule has 8 heteroatoms. The highest BCUT2D eigenvalue weighted by Gasteiger charge is 2.36. The SMILES string of the molecule is CC(C(=O)NC1CCCC1)N1CCN(S(=O)(=O)N(C)C2CCCCC2)CC1. The van der Waals surface area contributed by atoms with Crippen molar-refractivity contribution >= 4 is 16.1 Å². The first-order valence-corrected chi connectivity index (χ1v) is 12.1. The van der Waals surface area contributed by atoms with Gasteiger partial charge in [0.15, 0.2) is 0 Å².